The van der Waals surface area contributed by atoms with Crippen molar-refractivity contribution in [3.8, 4) is 0 Å². The Labute approximate surface area is 220 Å². The molecule has 36 heavy (non-hydrogen) atoms. The average Bonchev–Trinajstić information content (AvgIpc) is 3.41. The Morgan fingerprint density at radius 3 is 2.00 bits per heavy atom. The van der Waals surface area contributed by atoms with E-state index >= 15 is 0 Å². The van der Waals surface area contributed by atoms with Crippen LogP contribution >= 0.6 is 34.8 Å². The molecular formula is C27H16Cl3NO5. The van der Waals surface area contributed by atoms with Gasteiger partial charge in [0.2, 0.25) is 29.0 Å². The van der Waals surface area contributed by atoms with Gasteiger partial charge in [-0.05, 0) is 29.8 Å². The zero-order valence-electron chi connectivity index (χ0n) is 18.4. The minimum absolute atomic E-state index is 0.0334. The maximum absolute atomic E-state index is 13.8. The Hall–Kier alpha value is -3.03. The summed E-state index contributed by atoms with van der Waals surface area (Å²) >= 11 is 18.5. The van der Waals surface area contributed by atoms with Crippen molar-refractivity contribution in [3.63, 3.8) is 0 Å². The molecule has 3 atom stereocenters. The molecule has 1 spiro atoms. The number of nitrogens with zero attached hydrogens (tertiary/aromatic N) is 1. The fourth-order valence-corrected chi connectivity index (χ4v) is 6.16. The number of hydrogen-bond donors (Lipinski definition) is 0. The fraction of sp³-hybridized carbons (Fsp3) is 0.185. The fourth-order valence-electron chi connectivity index (χ4n) is 5.52. The van der Waals surface area contributed by atoms with E-state index in [1.807, 2.05) is 0 Å². The summed E-state index contributed by atoms with van der Waals surface area (Å²) in [4.78, 5) is 56.2. The quantitative estimate of drug-likeness (QED) is 0.331. The van der Waals surface area contributed by atoms with Gasteiger partial charge in [0, 0.05) is 31.8 Å². The third-order valence-corrected chi connectivity index (χ3v) is 7.95. The van der Waals surface area contributed by atoms with Gasteiger partial charge in [-0.1, -0.05) is 77.3 Å². The molecule has 0 aromatic heterocycles. The maximum Gasteiger partial charge on any atom is 0.237 e. The summed E-state index contributed by atoms with van der Waals surface area (Å²) in [7, 11) is 0. The summed E-state index contributed by atoms with van der Waals surface area (Å²) in [5, 5.41) is 1.08. The highest BCUT2D eigenvalue weighted by Gasteiger charge is 2.74. The monoisotopic (exact) mass is 539 g/mol. The van der Waals surface area contributed by atoms with Crippen LogP contribution in [0.3, 0.4) is 0 Å². The second kappa shape index (κ2) is 8.25. The molecule has 3 aliphatic rings. The zero-order chi connectivity index (χ0) is 25.4. The average molecular weight is 541 g/mol. The lowest BCUT2D eigenvalue weighted by molar-refractivity contribution is -0.145. The number of benzene rings is 3. The summed E-state index contributed by atoms with van der Waals surface area (Å²) in [6.45, 7) is -0.0334. The molecule has 0 radical (unpaired) electrons. The summed E-state index contributed by atoms with van der Waals surface area (Å²) < 4.78 is 6.23. The van der Waals surface area contributed by atoms with Crippen LogP contribution in [0.25, 0.3) is 0 Å². The molecule has 6 nitrogen and oxygen atoms in total. The highest BCUT2D eigenvalue weighted by Crippen LogP contribution is 2.58. The number of carbonyl (C=O) groups is 4. The molecule has 2 saturated heterocycles. The number of rotatable bonds is 3. The second-order valence-corrected chi connectivity index (χ2v) is 10.3. The molecule has 3 aromatic carbocycles. The first-order valence-corrected chi connectivity index (χ1v) is 12.3. The van der Waals surface area contributed by atoms with Crippen LogP contribution in [-0.2, 0) is 20.9 Å². The minimum atomic E-state index is -2.15. The molecule has 180 valence electrons. The van der Waals surface area contributed by atoms with Crippen LogP contribution < -0.4 is 0 Å². The van der Waals surface area contributed by atoms with Crippen LogP contribution in [0, 0.1) is 11.8 Å². The molecule has 2 aliphatic heterocycles. The molecule has 0 saturated carbocycles. The number of ether oxygens (including phenoxy) is 1. The topological polar surface area (TPSA) is 80.8 Å². The minimum Gasteiger partial charge on any atom is -0.349 e. The van der Waals surface area contributed by atoms with Gasteiger partial charge in [-0.15, -0.1) is 0 Å². The van der Waals surface area contributed by atoms with Gasteiger partial charge in [-0.3, -0.25) is 24.1 Å². The number of amides is 2. The van der Waals surface area contributed by atoms with E-state index in [0.29, 0.717) is 21.2 Å². The van der Waals surface area contributed by atoms with E-state index in [9.17, 15) is 19.2 Å². The summed E-state index contributed by atoms with van der Waals surface area (Å²) in [5.41, 5.74) is -0.770. The van der Waals surface area contributed by atoms with Crippen LogP contribution in [0.1, 0.15) is 37.9 Å². The second-order valence-electron chi connectivity index (χ2n) is 9.04. The third-order valence-electron chi connectivity index (χ3n) is 7.13. The van der Waals surface area contributed by atoms with Gasteiger partial charge in [0.15, 0.2) is 0 Å². The van der Waals surface area contributed by atoms with Crippen molar-refractivity contribution in [2.45, 2.75) is 18.2 Å². The summed E-state index contributed by atoms with van der Waals surface area (Å²) in [6.07, 6.45) is -1.10. The van der Waals surface area contributed by atoms with Crippen molar-refractivity contribution in [2.75, 3.05) is 0 Å². The number of carbonyl (C=O) groups excluding carboxylic acids is 4. The third kappa shape index (κ3) is 3.15. The lowest BCUT2D eigenvalue weighted by Crippen LogP contribution is -2.50. The maximum atomic E-state index is 13.8. The Morgan fingerprint density at radius 1 is 0.778 bits per heavy atom. The Balaban J connectivity index is 1.49. The van der Waals surface area contributed by atoms with Gasteiger partial charge in [0.25, 0.3) is 0 Å². The summed E-state index contributed by atoms with van der Waals surface area (Å²) in [6, 6.07) is 17.7. The number of fused-ring (bicyclic) bond motifs is 3. The molecular weight excluding hydrogens is 525 g/mol. The first kappa shape index (κ1) is 23.4. The van der Waals surface area contributed by atoms with Gasteiger partial charge in [0.1, 0.15) is 0 Å². The Morgan fingerprint density at radius 2 is 1.39 bits per heavy atom. The number of hydrogen-bond acceptors (Lipinski definition) is 5. The lowest BCUT2D eigenvalue weighted by Gasteiger charge is -2.27. The van der Waals surface area contributed by atoms with Crippen molar-refractivity contribution < 1.29 is 23.9 Å². The van der Waals surface area contributed by atoms with Gasteiger partial charge < -0.3 is 4.74 Å². The largest absolute Gasteiger partial charge is 0.349 e. The number of halogens is 3. The molecule has 6 rings (SSSR count). The number of likely N-dealkylation sites (tertiary alicyclic amines) is 1. The molecule has 0 bridgehead atoms. The lowest BCUT2D eigenvalue weighted by atomic mass is 9.77. The van der Waals surface area contributed by atoms with Crippen LogP contribution in [0.15, 0.2) is 66.7 Å². The smallest absolute Gasteiger partial charge is 0.237 e. The van der Waals surface area contributed by atoms with Crippen molar-refractivity contribution in [2.24, 2.45) is 11.8 Å². The predicted octanol–water partition coefficient (Wildman–Crippen LogP) is 5.34. The van der Waals surface area contributed by atoms with Crippen molar-refractivity contribution in [1.29, 1.82) is 0 Å². The van der Waals surface area contributed by atoms with Crippen molar-refractivity contribution >= 4 is 58.2 Å². The molecule has 2 amide bonds. The van der Waals surface area contributed by atoms with Gasteiger partial charge >= 0.3 is 0 Å². The normalized spacial score (nSPS) is 24.1. The van der Waals surface area contributed by atoms with E-state index in [1.165, 1.54) is 18.2 Å². The van der Waals surface area contributed by atoms with Crippen molar-refractivity contribution in [1.82, 2.24) is 4.90 Å². The standard InChI is InChI=1S/C27H16Cl3NO5/c28-14-7-5-13(6-8-14)12-31-25(34)20-21(26(31)35)27(23(32)16-3-1-2-4-17(16)24(27)33)36-22(20)18-10-9-15(29)11-19(18)30/h1-11,20-22H,12H2/t20-,21-,22+/m0/s1. The first-order valence-electron chi connectivity index (χ1n) is 11.1. The van der Waals surface area contributed by atoms with Crippen molar-refractivity contribution in [3.05, 3.63) is 104 Å². The molecule has 0 unspecified atom stereocenters. The molecule has 2 fully saturated rings. The highest BCUT2D eigenvalue weighted by molar-refractivity contribution is 6.36. The van der Waals surface area contributed by atoms with E-state index in [4.69, 9.17) is 39.5 Å². The van der Waals surface area contributed by atoms with E-state index in [0.717, 1.165) is 4.90 Å². The van der Waals surface area contributed by atoms with Crippen LogP contribution in [0.4, 0.5) is 0 Å². The van der Waals surface area contributed by atoms with E-state index < -0.39 is 46.9 Å². The van der Waals surface area contributed by atoms with Crippen LogP contribution in [0.5, 0.6) is 0 Å². The number of ketones is 2. The predicted molar refractivity (Wildman–Crippen MR) is 132 cm³/mol. The Bertz CT molecular complexity index is 1450. The molecule has 9 heteroatoms. The number of Topliss-reactive ketones (excluding diaryl/α,β-unsaturated/α-hetero) is 2. The molecule has 0 N–H and O–H groups in total. The van der Waals surface area contributed by atoms with Crippen LogP contribution in [0.2, 0.25) is 15.1 Å². The van der Waals surface area contributed by atoms with Gasteiger partial charge in [-0.2, -0.15) is 0 Å². The zero-order valence-corrected chi connectivity index (χ0v) is 20.7. The van der Waals surface area contributed by atoms with E-state index in [2.05, 4.69) is 0 Å². The molecule has 3 aromatic rings. The highest BCUT2D eigenvalue weighted by atomic mass is 35.5. The van der Waals surface area contributed by atoms with Gasteiger partial charge in [0.05, 0.1) is 24.5 Å². The number of imide groups is 1. The van der Waals surface area contributed by atoms with E-state index in [-0.39, 0.29) is 22.7 Å². The van der Waals surface area contributed by atoms with E-state index in [1.54, 1.807) is 48.5 Å². The first-order chi connectivity index (χ1) is 17.2. The molecule has 2 heterocycles. The Kier molecular flexibility index (Phi) is 5.36. The van der Waals surface area contributed by atoms with Gasteiger partial charge in [-0.25, -0.2) is 0 Å². The summed E-state index contributed by atoms with van der Waals surface area (Å²) in [5.74, 6) is -4.88. The van der Waals surface area contributed by atoms with Crippen LogP contribution in [-0.4, -0.2) is 33.9 Å². The SMILES string of the molecule is O=C1[C@@H]2[C@@H](c3ccc(Cl)cc3Cl)OC3(C(=O)c4ccccc4C3=O)[C@@H]2C(=O)N1Cc1ccc(Cl)cc1. The molecule has 1 aliphatic carbocycles.